The van der Waals surface area contributed by atoms with E-state index in [2.05, 4.69) is 29.4 Å². The molecular formula is C10H14N2S. The molecule has 1 aliphatic carbocycles. The van der Waals surface area contributed by atoms with Crippen molar-refractivity contribution in [3.63, 3.8) is 0 Å². The van der Waals surface area contributed by atoms with Crippen LogP contribution >= 0.6 is 11.3 Å². The molecule has 0 saturated carbocycles. The van der Waals surface area contributed by atoms with E-state index in [0.29, 0.717) is 6.04 Å². The molecule has 0 amide bonds. The molecule has 2 rings (SSSR count). The van der Waals surface area contributed by atoms with Crippen molar-refractivity contribution in [1.29, 1.82) is 0 Å². The average molecular weight is 194 g/mol. The summed E-state index contributed by atoms with van der Waals surface area (Å²) in [6.45, 7) is 3.29. The third kappa shape index (κ3) is 1.98. The molecule has 0 bridgehead atoms. The van der Waals surface area contributed by atoms with Crippen LogP contribution in [0.3, 0.4) is 0 Å². The van der Waals surface area contributed by atoms with Gasteiger partial charge in [0, 0.05) is 17.3 Å². The minimum absolute atomic E-state index is 0.521. The van der Waals surface area contributed by atoms with Gasteiger partial charge in [-0.15, -0.1) is 11.3 Å². The van der Waals surface area contributed by atoms with E-state index in [1.165, 1.54) is 17.0 Å². The summed E-state index contributed by atoms with van der Waals surface area (Å²) >= 11 is 1.76. The first-order chi connectivity index (χ1) is 6.40. The summed E-state index contributed by atoms with van der Waals surface area (Å²) < 4.78 is 0. The van der Waals surface area contributed by atoms with Crippen molar-refractivity contribution in [2.24, 2.45) is 0 Å². The Kier molecular flexibility index (Phi) is 2.76. The van der Waals surface area contributed by atoms with Crippen molar-refractivity contribution in [3.8, 4) is 0 Å². The van der Waals surface area contributed by atoms with E-state index in [1.807, 2.05) is 5.51 Å². The number of aromatic nitrogens is 1. The minimum Gasteiger partial charge on any atom is -0.310 e. The van der Waals surface area contributed by atoms with Crippen LogP contribution in [0.4, 0.5) is 0 Å². The molecule has 70 valence electrons. The van der Waals surface area contributed by atoms with Crippen LogP contribution in [0.1, 0.15) is 23.9 Å². The molecule has 3 heteroatoms. The van der Waals surface area contributed by atoms with Gasteiger partial charge in [-0.1, -0.05) is 13.0 Å². The number of rotatable bonds is 3. The van der Waals surface area contributed by atoms with Crippen LogP contribution in [0.15, 0.2) is 11.6 Å². The Morgan fingerprint density at radius 3 is 3.46 bits per heavy atom. The molecule has 1 aromatic heterocycles. The fourth-order valence-corrected chi connectivity index (χ4v) is 2.32. The normalized spacial score (nSPS) is 20.2. The highest BCUT2D eigenvalue weighted by molar-refractivity contribution is 7.09. The van der Waals surface area contributed by atoms with Crippen LogP contribution in [-0.2, 0) is 6.42 Å². The number of hydrogen-bond acceptors (Lipinski definition) is 3. The predicted octanol–water partition coefficient (Wildman–Crippen LogP) is 2.08. The molecule has 0 fully saturated rings. The smallest absolute Gasteiger partial charge is 0.0801 e. The lowest BCUT2D eigenvalue weighted by Crippen LogP contribution is -2.31. The quantitative estimate of drug-likeness (QED) is 0.797. The molecule has 1 heterocycles. The summed E-state index contributed by atoms with van der Waals surface area (Å²) in [5, 5.41) is 3.49. The van der Waals surface area contributed by atoms with Crippen LogP contribution in [0.25, 0.3) is 6.08 Å². The molecule has 1 atom stereocenters. The Morgan fingerprint density at radius 1 is 1.69 bits per heavy atom. The maximum absolute atomic E-state index is 4.28. The second-order valence-corrected chi connectivity index (χ2v) is 4.22. The van der Waals surface area contributed by atoms with Crippen molar-refractivity contribution in [2.75, 3.05) is 6.54 Å². The van der Waals surface area contributed by atoms with Gasteiger partial charge in [-0.3, -0.25) is 0 Å². The number of nitrogens with zero attached hydrogens (tertiary/aromatic N) is 1. The van der Waals surface area contributed by atoms with Gasteiger partial charge in [0.25, 0.3) is 0 Å². The van der Waals surface area contributed by atoms with E-state index in [4.69, 9.17) is 0 Å². The van der Waals surface area contributed by atoms with E-state index >= 15 is 0 Å². The number of thiazole rings is 1. The Hall–Kier alpha value is -0.670. The van der Waals surface area contributed by atoms with Gasteiger partial charge < -0.3 is 5.32 Å². The van der Waals surface area contributed by atoms with Crippen LogP contribution in [-0.4, -0.2) is 17.6 Å². The van der Waals surface area contributed by atoms with Crippen molar-refractivity contribution in [1.82, 2.24) is 10.3 Å². The zero-order valence-electron chi connectivity index (χ0n) is 7.79. The molecule has 1 aliphatic rings. The highest BCUT2D eigenvalue weighted by Crippen LogP contribution is 2.21. The summed E-state index contributed by atoms with van der Waals surface area (Å²) in [7, 11) is 0. The number of hydrogen-bond donors (Lipinski definition) is 1. The van der Waals surface area contributed by atoms with E-state index in [0.717, 1.165) is 13.0 Å². The molecule has 1 aromatic rings. The van der Waals surface area contributed by atoms with E-state index in [1.54, 1.807) is 11.3 Å². The maximum Gasteiger partial charge on any atom is 0.0801 e. The van der Waals surface area contributed by atoms with Gasteiger partial charge in [-0.05, 0) is 19.0 Å². The second kappa shape index (κ2) is 4.03. The molecule has 0 radical (unpaired) electrons. The first-order valence-electron chi connectivity index (χ1n) is 4.74. The minimum atomic E-state index is 0.521. The Balaban J connectivity index is 2.00. The summed E-state index contributed by atoms with van der Waals surface area (Å²) in [6, 6.07) is 0.521. The third-order valence-electron chi connectivity index (χ3n) is 2.22. The summed E-state index contributed by atoms with van der Waals surface area (Å²) in [6.07, 6.45) is 6.65. The summed E-state index contributed by atoms with van der Waals surface area (Å²) in [5.41, 5.74) is 3.09. The SMILES string of the molecule is CCCNC1C=Cc2ncsc2C1. The predicted molar refractivity (Wildman–Crippen MR) is 56.9 cm³/mol. The van der Waals surface area contributed by atoms with Crippen LogP contribution in [0, 0.1) is 0 Å². The average Bonchev–Trinajstić information content (AvgIpc) is 2.61. The monoisotopic (exact) mass is 194 g/mol. The highest BCUT2D eigenvalue weighted by atomic mass is 32.1. The molecule has 13 heavy (non-hydrogen) atoms. The van der Waals surface area contributed by atoms with Crippen molar-refractivity contribution in [2.45, 2.75) is 25.8 Å². The standard InChI is InChI=1S/C10H14N2S/c1-2-5-11-8-3-4-9-10(6-8)13-7-12-9/h3-4,7-8,11H,2,5-6H2,1H3. The molecule has 1 unspecified atom stereocenters. The first-order valence-corrected chi connectivity index (χ1v) is 5.62. The van der Waals surface area contributed by atoms with Crippen molar-refractivity contribution in [3.05, 3.63) is 22.2 Å². The van der Waals surface area contributed by atoms with Crippen molar-refractivity contribution < 1.29 is 0 Å². The van der Waals surface area contributed by atoms with Gasteiger partial charge in [0.2, 0.25) is 0 Å². The molecule has 2 nitrogen and oxygen atoms in total. The number of fused-ring (bicyclic) bond motifs is 1. The molecule has 1 N–H and O–H groups in total. The largest absolute Gasteiger partial charge is 0.310 e. The van der Waals surface area contributed by atoms with Gasteiger partial charge in [0.05, 0.1) is 11.2 Å². The molecule has 0 aliphatic heterocycles. The zero-order valence-corrected chi connectivity index (χ0v) is 8.60. The molecular weight excluding hydrogens is 180 g/mol. The van der Waals surface area contributed by atoms with Gasteiger partial charge >= 0.3 is 0 Å². The topological polar surface area (TPSA) is 24.9 Å². The zero-order chi connectivity index (χ0) is 9.10. The lowest BCUT2D eigenvalue weighted by atomic mass is 10.1. The van der Waals surface area contributed by atoms with Gasteiger partial charge in [-0.25, -0.2) is 4.98 Å². The Morgan fingerprint density at radius 2 is 2.62 bits per heavy atom. The molecule has 0 saturated heterocycles. The van der Waals surface area contributed by atoms with Gasteiger partial charge in [-0.2, -0.15) is 0 Å². The van der Waals surface area contributed by atoms with E-state index in [9.17, 15) is 0 Å². The summed E-state index contributed by atoms with van der Waals surface area (Å²) in [5.74, 6) is 0. The lowest BCUT2D eigenvalue weighted by molar-refractivity contribution is 0.585. The lowest BCUT2D eigenvalue weighted by Gasteiger charge is -2.16. The Labute approximate surface area is 82.7 Å². The summed E-state index contributed by atoms with van der Waals surface area (Å²) in [4.78, 5) is 5.69. The molecule has 0 spiro atoms. The van der Waals surface area contributed by atoms with Crippen LogP contribution < -0.4 is 5.32 Å². The third-order valence-corrected chi connectivity index (χ3v) is 3.09. The second-order valence-electron chi connectivity index (χ2n) is 3.28. The number of nitrogens with one attached hydrogen (secondary N) is 1. The van der Waals surface area contributed by atoms with Crippen molar-refractivity contribution >= 4 is 17.4 Å². The van der Waals surface area contributed by atoms with Gasteiger partial charge in [0.1, 0.15) is 0 Å². The van der Waals surface area contributed by atoms with E-state index < -0.39 is 0 Å². The van der Waals surface area contributed by atoms with Crippen LogP contribution in [0.5, 0.6) is 0 Å². The molecule has 0 aromatic carbocycles. The maximum atomic E-state index is 4.28. The first kappa shape index (κ1) is 8.91. The fraction of sp³-hybridized carbons (Fsp3) is 0.500. The van der Waals surface area contributed by atoms with Crippen LogP contribution in [0.2, 0.25) is 0 Å². The fourth-order valence-electron chi connectivity index (χ4n) is 1.51. The highest BCUT2D eigenvalue weighted by Gasteiger charge is 2.14. The van der Waals surface area contributed by atoms with Gasteiger partial charge in [0.15, 0.2) is 0 Å². The van der Waals surface area contributed by atoms with E-state index in [-0.39, 0.29) is 0 Å². The Bertz CT molecular complexity index is 304.